The predicted octanol–water partition coefficient (Wildman–Crippen LogP) is 2.34. The number of nitrogens with one attached hydrogen (secondary N) is 1. The van der Waals surface area contributed by atoms with Crippen LogP contribution in [0, 0.1) is 5.92 Å². The lowest BCUT2D eigenvalue weighted by atomic mass is 10.1. The van der Waals surface area contributed by atoms with Crippen LogP contribution in [0.2, 0.25) is 0 Å². The zero-order valence-electron chi connectivity index (χ0n) is 7.64. The highest BCUT2D eigenvalue weighted by molar-refractivity contribution is 4.85. The van der Waals surface area contributed by atoms with Gasteiger partial charge in [-0.2, -0.15) is 0 Å². The molecule has 0 heterocycles. The predicted molar refractivity (Wildman–Crippen MR) is 49.6 cm³/mol. The van der Waals surface area contributed by atoms with Crippen molar-refractivity contribution in [3.63, 3.8) is 0 Å². The first-order valence-electron chi connectivity index (χ1n) is 4.61. The van der Waals surface area contributed by atoms with Crippen LogP contribution in [-0.4, -0.2) is 12.1 Å². The van der Waals surface area contributed by atoms with E-state index in [-0.39, 0.29) is 0 Å². The second kappa shape index (κ2) is 3.91. The van der Waals surface area contributed by atoms with Crippen LogP contribution in [0.3, 0.4) is 0 Å². The van der Waals surface area contributed by atoms with Crippen LogP contribution in [0.15, 0.2) is 12.7 Å². The van der Waals surface area contributed by atoms with E-state index in [1.54, 1.807) is 0 Å². The van der Waals surface area contributed by atoms with E-state index in [1.165, 1.54) is 19.3 Å². The number of rotatable bonds is 5. The van der Waals surface area contributed by atoms with Gasteiger partial charge in [-0.05, 0) is 26.2 Å². The Labute approximate surface area is 69.9 Å². The van der Waals surface area contributed by atoms with Gasteiger partial charge >= 0.3 is 0 Å². The largest absolute Gasteiger partial charge is 0.308 e. The highest BCUT2D eigenvalue weighted by atomic mass is 14.9. The van der Waals surface area contributed by atoms with Crippen LogP contribution in [0.4, 0.5) is 0 Å². The Hall–Kier alpha value is -0.300. The Morgan fingerprint density at radius 2 is 2.18 bits per heavy atom. The van der Waals surface area contributed by atoms with Gasteiger partial charge in [0.05, 0.1) is 0 Å². The molecule has 0 aliphatic heterocycles. The molecule has 0 aromatic carbocycles. The van der Waals surface area contributed by atoms with Crippen molar-refractivity contribution >= 4 is 0 Å². The summed E-state index contributed by atoms with van der Waals surface area (Å²) in [5.74, 6) is 1.02. The van der Waals surface area contributed by atoms with Gasteiger partial charge in [-0.15, -0.1) is 6.58 Å². The van der Waals surface area contributed by atoms with Gasteiger partial charge in [0, 0.05) is 12.1 Å². The molecule has 2 unspecified atom stereocenters. The topological polar surface area (TPSA) is 12.0 Å². The third-order valence-electron chi connectivity index (χ3n) is 2.28. The van der Waals surface area contributed by atoms with Gasteiger partial charge in [-0.1, -0.05) is 18.9 Å². The molecular weight excluding hydrogens is 134 g/mol. The van der Waals surface area contributed by atoms with Crippen molar-refractivity contribution in [1.29, 1.82) is 0 Å². The molecule has 1 rings (SSSR count). The van der Waals surface area contributed by atoms with Crippen LogP contribution in [0.1, 0.15) is 33.1 Å². The minimum atomic E-state index is 0.462. The second-order valence-corrected chi connectivity index (χ2v) is 3.77. The molecule has 1 fully saturated rings. The summed E-state index contributed by atoms with van der Waals surface area (Å²) in [6.45, 7) is 8.16. The standard InChI is InChI=1S/C10H19N/c1-4-8(2)11-9(3)7-10-5-6-10/h4,8-11H,1,5-7H2,2-3H3. The Morgan fingerprint density at radius 1 is 1.55 bits per heavy atom. The molecule has 0 radical (unpaired) electrons. The van der Waals surface area contributed by atoms with Crippen molar-refractivity contribution in [2.75, 3.05) is 0 Å². The van der Waals surface area contributed by atoms with Gasteiger partial charge in [0.2, 0.25) is 0 Å². The maximum Gasteiger partial charge on any atom is 0.0221 e. The number of hydrogen-bond acceptors (Lipinski definition) is 1. The van der Waals surface area contributed by atoms with E-state index in [0.29, 0.717) is 12.1 Å². The smallest absolute Gasteiger partial charge is 0.0221 e. The van der Waals surface area contributed by atoms with Crippen LogP contribution >= 0.6 is 0 Å². The van der Waals surface area contributed by atoms with Crippen molar-refractivity contribution in [3.8, 4) is 0 Å². The van der Waals surface area contributed by atoms with Crippen molar-refractivity contribution in [2.24, 2.45) is 5.92 Å². The SMILES string of the molecule is C=CC(C)NC(C)CC1CC1. The van der Waals surface area contributed by atoms with Crippen LogP contribution in [-0.2, 0) is 0 Å². The Kier molecular flexibility index (Phi) is 3.13. The summed E-state index contributed by atoms with van der Waals surface area (Å²) in [5.41, 5.74) is 0. The lowest BCUT2D eigenvalue weighted by Gasteiger charge is -2.16. The van der Waals surface area contributed by atoms with E-state index in [1.807, 2.05) is 6.08 Å². The first-order valence-corrected chi connectivity index (χ1v) is 4.61. The van der Waals surface area contributed by atoms with Crippen molar-refractivity contribution < 1.29 is 0 Å². The molecule has 0 saturated heterocycles. The zero-order valence-corrected chi connectivity index (χ0v) is 7.64. The fourth-order valence-corrected chi connectivity index (χ4v) is 1.44. The minimum absolute atomic E-state index is 0.462. The van der Waals surface area contributed by atoms with E-state index in [2.05, 4.69) is 25.7 Å². The van der Waals surface area contributed by atoms with Gasteiger partial charge in [0.25, 0.3) is 0 Å². The first kappa shape index (κ1) is 8.79. The molecule has 1 heteroatoms. The fraction of sp³-hybridized carbons (Fsp3) is 0.800. The molecule has 0 aromatic rings. The van der Waals surface area contributed by atoms with E-state index in [0.717, 1.165) is 5.92 Å². The Morgan fingerprint density at radius 3 is 2.64 bits per heavy atom. The van der Waals surface area contributed by atoms with Crippen molar-refractivity contribution in [3.05, 3.63) is 12.7 Å². The zero-order chi connectivity index (χ0) is 8.27. The molecule has 0 aromatic heterocycles. The average Bonchev–Trinajstić information content (AvgIpc) is 2.71. The quantitative estimate of drug-likeness (QED) is 0.598. The monoisotopic (exact) mass is 153 g/mol. The summed E-state index contributed by atoms with van der Waals surface area (Å²) < 4.78 is 0. The van der Waals surface area contributed by atoms with E-state index >= 15 is 0 Å². The van der Waals surface area contributed by atoms with Crippen LogP contribution in [0.25, 0.3) is 0 Å². The molecular formula is C10H19N. The average molecular weight is 153 g/mol. The highest BCUT2D eigenvalue weighted by Gasteiger charge is 2.23. The molecule has 11 heavy (non-hydrogen) atoms. The van der Waals surface area contributed by atoms with E-state index in [4.69, 9.17) is 0 Å². The second-order valence-electron chi connectivity index (χ2n) is 3.77. The van der Waals surface area contributed by atoms with Gasteiger partial charge < -0.3 is 5.32 Å². The van der Waals surface area contributed by atoms with E-state index in [9.17, 15) is 0 Å². The summed E-state index contributed by atoms with van der Waals surface area (Å²) >= 11 is 0. The molecule has 0 bridgehead atoms. The van der Waals surface area contributed by atoms with Crippen LogP contribution in [0.5, 0.6) is 0 Å². The normalized spacial score (nSPS) is 22.7. The summed E-state index contributed by atoms with van der Waals surface area (Å²) in [6, 6.07) is 1.12. The third kappa shape index (κ3) is 3.57. The third-order valence-corrected chi connectivity index (χ3v) is 2.28. The molecule has 1 N–H and O–H groups in total. The molecule has 0 spiro atoms. The van der Waals surface area contributed by atoms with Gasteiger partial charge in [-0.3, -0.25) is 0 Å². The maximum atomic E-state index is 3.75. The number of hydrogen-bond donors (Lipinski definition) is 1. The maximum absolute atomic E-state index is 3.75. The minimum Gasteiger partial charge on any atom is -0.308 e. The summed E-state index contributed by atoms with van der Waals surface area (Å²) in [7, 11) is 0. The molecule has 1 aliphatic carbocycles. The molecule has 2 atom stereocenters. The fourth-order valence-electron chi connectivity index (χ4n) is 1.44. The van der Waals surface area contributed by atoms with Crippen molar-refractivity contribution in [1.82, 2.24) is 5.32 Å². The molecule has 1 nitrogen and oxygen atoms in total. The molecule has 1 saturated carbocycles. The van der Waals surface area contributed by atoms with Gasteiger partial charge in [0.15, 0.2) is 0 Å². The van der Waals surface area contributed by atoms with Crippen LogP contribution < -0.4 is 5.32 Å². The van der Waals surface area contributed by atoms with Gasteiger partial charge in [-0.25, -0.2) is 0 Å². The van der Waals surface area contributed by atoms with E-state index < -0.39 is 0 Å². The summed E-state index contributed by atoms with van der Waals surface area (Å²) in [5, 5.41) is 3.48. The lowest BCUT2D eigenvalue weighted by molar-refractivity contribution is 0.466. The van der Waals surface area contributed by atoms with Crippen molar-refractivity contribution in [2.45, 2.75) is 45.2 Å². The molecule has 64 valence electrons. The first-order chi connectivity index (χ1) is 5.22. The summed E-state index contributed by atoms with van der Waals surface area (Å²) in [6.07, 6.45) is 6.21. The Balaban J connectivity index is 2.07. The summed E-state index contributed by atoms with van der Waals surface area (Å²) in [4.78, 5) is 0. The molecule has 0 amide bonds. The Bertz CT molecular complexity index is 127. The lowest BCUT2D eigenvalue weighted by Crippen LogP contribution is -2.33. The highest BCUT2D eigenvalue weighted by Crippen LogP contribution is 2.33. The molecule has 1 aliphatic rings. The van der Waals surface area contributed by atoms with Gasteiger partial charge in [0.1, 0.15) is 0 Å².